The van der Waals surface area contributed by atoms with Crippen LogP contribution in [-0.4, -0.2) is 52.8 Å². The molecular weight excluding hydrogens is 498 g/mol. The molecule has 0 saturated heterocycles. The molecule has 3 aromatic rings. The first-order valence-corrected chi connectivity index (χ1v) is 15.1. The van der Waals surface area contributed by atoms with E-state index in [1.807, 2.05) is 40.1 Å². The molecule has 1 heterocycles. The molecule has 4 aliphatic carbocycles. The van der Waals surface area contributed by atoms with E-state index in [0.29, 0.717) is 30.8 Å². The Hall–Kier alpha value is -3.28. The van der Waals surface area contributed by atoms with E-state index in [2.05, 4.69) is 43.2 Å². The number of nitrogens with one attached hydrogen (secondary N) is 1. The highest BCUT2D eigenvalue weighted by molar-refractivity contribution is 5.89. The van der Waals surface area contributed by atoms with Crippen LogP contribution >= 0.6 is 0 Å². The fourth-order valence-corrected chi connectivity index (χ4v) is 8.25. The number of carbonyl (C=O) groups excluding carboxylic acids is 2. The number of methoxy groups -OCH3 is 1. The zero-order valence-electron chi connectivity index (χ0n) is 24.2. The largest absolute Gasteiger partial charge is 0.497 e. The normalized spacial score (nSPS) is 24.9. The summed E-state index contributed by atoms with van der Waals surface area (Å²) in [7, 11) is 1.66. The summed E-state index contributed by atoms with van der Waals surface area (Å²) in [4.78, 5) is 35.5. The third-order valence-corrected chi connectivity index (χ3v) is 9.89. The summed E-state index contributed by atoms with van der Waals surface area (Å²) in [6.07, 6.45) is 9.76. The molecule has 6 heteroatoms. The van der Waals surface area contributed by atoms with Gasteiger partial charge in [-0.1, -0.05) is 30.3 Å². The highest BCUT2D eigenvalue weighted by atomic mass is 16.5. The van der Waals surface area contributed by atoms with Crippen LogP contribution in [-0.2, 0) is 22.6 Å². The lowest BCUT2D eigenvalue weighted by molar-refractivity contribution is -0.162. The minimum atomic E-state index is -0.246. The highest BCUT2D eigenvalue weighted by Crippen LogP contribution is 2.60. The van der Waals surface area contributed by atoms with Crippen LogP contribution < -0.4 is 4.74 Å². The summed E-state index contributed by atoms with van der Waals surface area (Å²) >= 11 is 0. The molecular formula is C34H43N3O3. The predicted molar refractivity (Wildman–Crippen MR) is 158 cm³/mol. The Kier molecular flexibility index (Phi) is 7.37. The van der Waals surface area contributed by atoms with Crippen LogP contribution in [0.15, 0.2) is 54.7 Å². The minimum absolute atomic E-state index is 0.0130. The van der Waals surface area contributed by atoms with Crippen LogP contribution in [0, 0.1) is 23.2 Å². The zero-order chi connectivity index (χ0) is 27.9. The number of amides is 2. The number of aromatic amines is 1. The van der Waals surface area contributed by atoms with E-state index in [9.17, 15) is 9.59 Å². The van der Waals surface area contributed by atoms with Gasteiger partial charge in [0.1, 0.15) is 12.3 Å². The molecule has 6 nitrogen and oxygen atoms in total. The van der Waals surface area contributed by atoms with Gasteiger partial charge in [-0.25, -0.2) is 0 Å². The molecule has 0 aliphatic heterocycles. The van der Waals surface area contributed by atoms with Crippen LogP contribution in [0.1, 0.15) is 63.5 Å². The number of aromatic nitrogens is 1. The first-order chi connectivity index (χ1) is 19.3. The van der Waals surface area contributed by atoms with Crippen molar-refractivity contribution in [3.8, 4) is 5.75 Å². The van der Waals surface area contributed by atoms with Crippen LogP contribution in [0.5, 0.6) is 5.75 Å². The molecule has 4 saturated carbocycles. The van der Waals surface area contributed by atoms with Crippen molar-refractivity contribution < 1.29 is 14.3 Å². The molecule has 2 amide bonds. The molecule has 0 radical (unpaired) electrons. The van der Waals surface area contributed by atoms with E-state index < -0.39 is 0 Å². The first-order valence-electron chi connectivity index (χ1n) is 15.1. The summed E-state index contributed by atoms with van der Waals surface area (Å²) in [5, 5.41) is 1.19. The standard InChI is InChI=1S/C34H43N3O3/c1-23(2)37(33(39)34-17-25-14-26(18-34)16-27(15-25)19-34)22-32(38)36(21-24-8-10-29(40-3)11-9-24)13-12-28-20-35-31-7-5-4-6-30(28)31/h4-11,20,23,25-27,35H,12-19,21-22H2,1-3H3. The van der Waals surface area contributed by atoms with E-state index in [4.69, 9.17) is 4.74 Å². The topological polar surface area (TPSA) is 65.6 Å². The van der Waals surface area contributed by atoms with E-state index in [-0.39, 0.29) is 29.8 Å². The van der Waals surface area contributed by atoms with Crippen molar-refractivity contribution in [2.45, 2.75) is 71.4 Å². The fourth-order valence-electron chi connectivity index (χ4n) is 8.25. The molecule has 0 spiro atoms. The second kappa shape index (κ2) is 10.9. The van der Waals surface area contributed by atoms with Crippen molar-refractivity contribution in [3.05, 3.63) is 65.9 Å². The van der Waals surface area contributed by atoms with E-state index >= 15 is 0 Å². The highest BCUT2D eigenvalue weighted by Gasteiger charge is 2.56. The lowest BCUT2D eigenvalue weighted by Gasteiger charge is -2.57. The van der Waals surface area contributed by atoms with Gasteiger partial charge in [0.25, 0.3) is 0 Å². The number of nitrogens with zero attached hydrogens (tertiary/aromatic N) is 2. The van der Waals surface area contributed by atoms with Crippen molar-refractivity contribution >= 4 is 22.7 Å². The Bertz CT molecular complexity index is 1320. The number of fused-ring (bicyclic) bond motifs is 1. The Balaban J connectivity index is 1.21. The number of ether oxygens (including phenoxy) is 1. The number of rotatable bonds is 10. The van der Waals surface area contributed by atoms with Gasteiger partial charge in [-0.15, -0.1) is 0 Å². The Labute approximate surface area is 238 Å². The van der Waals surface area contributed by atoms with E-state index in [1.165, 1.54) is 30.2 Å². The fraction of sp³-hybridized carbons (Fsp3) is 0.529. The van der Waals surface area contributed by atoms with Gasteiger partial charge < -0.3 is 19.5 Å². The molecule has 1 aromatic heterocycles. The van der Waals surface area contributed by atoms with Crippen LogP contribution in [0.2, 0.25) is 0 Å². The zero-order valence-corrected chi connectivity index (χ0v) is 24.2. The first kappa shape index (κ1) is 26.9. The molecule has 2 aromatic carbocycles. The van der Waals surface area contributed by atoms with E-state index in [0.717, 1.165) is 42.5 Å². The third kappa shape index (κ3) is 5.25. The van der Waals surface area contributed by atoms with Gasteiger partial charge in [0.05, 0.1) is 12.5 Å². The molecule has 40 heavy (non-hydrogen) atoms. The van der Waals surface area contributed by atoms with Crippen molar-refractivity contribution in [2.75, 3.05) is 20.2 Å². The maximum Gasteiger partial charge on any atom is 0.242 e. The number of carbonyl (C=O) groups is 2. The van der Waals surface area contributed by atoms with Crippen LogP contribution in [0.25, 0.3) is 10.9 Å². The summed E-state index contributed by atoms with van der Waals surface area (Å²) in [5.74, 6) is 3.14. The smallest absolute Gasteiger partial charge is 0.242 e. The second-order valence-corrected chi connectivity index (χ2v) is 13.0. The lowest BCUT2D eigenvalue weighted by Crippen LogP contribution is -2.57. The number of benzene rings is 2. The van der Waals surface area contributed by atoms with Gasteiger partial charge in [-0.3, -0.25) is 9.59 Å². The van der Waals surface area contributed by atoms with Crippen molar-refractivity contribution in [1.29, 1.82) is 0 Å². The number of hydrogen-bond acceptors (Lipinski definition) is 3. The van der Waals surface area contributed by atoms with Gasteiger partial charge in [0.2, 0.25) is 11.8 Å². The average Bonchev–Trinajstić information content (AvgIpc) is 3.36. The molecule has 7 rings (SSSR count). The summed E-state index contributed by atoms with van der Waals surface area (Å²) < 4.78 is 5.34. The molecule has 0 unspecified atom stereocenters. The van der Waals surface area contributed by atoms with Gasteiger partial charge >= 0.3 is 0 Å². The van der Waals surface area contributed by atoms with Gasteiger partial charge in [0.15, 0.2) is 0 Å². The third-order valence-electron chi connectivity index (χ3n) is 9.89. The number of hydrogen-bond donors (Lipinski definition) is 1. The molecule has 1 N–H and O–H groups in total. The summed E-state index contributed by atoms with van der Waals surface area (Å²) in [5.41, 5.74) is 3.12. The van der Waals surface area contributed by atoms with Crippen LogP contribution in [0.3, 0.4) is 0 Å². The molecule has 0 atom stereocenters. The molecule has 4 aliphatic rings. The van der Waals surface area contributed by atoms with Gasteiger partial charge in [-0.05, 0) is 106 Å². The van der Waals surface area contributed by atoms with Crippen molar-refractivity contribution in [2.24, 2.45) is 23.2 Å². The average molecular weight is 542 g/mol. The Morgan fingerprint density at radius 1 is 0.975 bits per heavy atom. The van der Waals surface area contributed by atoms with Crippen molar-refractivity contribution in [1.82, 2.24) is 14.8 Å². The maximum atomic E-state index is 14.3. The quantitative estimate of drug-likeness (QED) is 0.332. The summed E-state index contributed by atoms with van der Waals surface area (Å²) in [6.45, 7) is 5.35. The predicted octanol–water partition coefficient (Wildman–Crippen LogP) is 6.20. The number of para-hydroxylation sites is 1. The monoisotopic (exact) mass is 541 g/mol. The van der Waals surface area contributed by atoms with Gasteiger partial charge in [-0.2, -0.15) is 0 Å². The molecule has 4 bridgehead atoms. The maximum absolute atomic E-state index is 14.3. The molecule has 4 fully saturated rings. The second-order valence-electron chi connectivity index (χ2n) is 13.0. The van der Waals surface area contributed by atoms with Crippen molar-refractivity contribution in [3.63, 3.8) is 0 Å². The minimum Gasteiger partial charge on any atom is -0.497 e. The number of H-pyrrole nitrogens is 1. The van der Waals surface area contributed by atoms with Gasteiger partial charge in [0, 0.05) is 36.2 Å². The van der Waals surface area contributed by atoms with E-state index in [1.54, 1.807) is 7.11 Å². The summed E-state index contributed by atoms with van der Waals surface area (Å²) in [6, 6.07) is 16.2. The lowest BCUT2D eigenvalue weighted by atomic mass is 9.49. The van der Waals surface area contributed by atoms with Crippen LogP contribution in [0.4, 0.5) is 0 Å². The Morgan fingerprint density at radius 2 is 1.62 bits per heavy atom. The SMILES string of the molecule is COc1ccc(CN(CCc2c[nH]c3ccccc23)C(=O)CN(C(=O)C23CC4CC(CC(C4)C2)C3)C(C)C)cc1. The Morgan fingerprint density at radius 3 is 2.25 bits per heavy atom. The molecule has 212 valence electrons.